The zero-order valence-corrected chi connectivity index (χ0v) is 7.71. The maximum Gasteiger partial charge on any atom is 0.233 e. The normalized spacial score (nSPS) is 11.8. The number of aliphatic hydroxyl groups is 1. The molecule has 0 aliphatic rings. The van der Waals surface area contributed by atoms with Crippen LogP contribution in [0.4, 0.5) is 0 Å². The number of carbonyl (C=O) groups excluding carboxylic acids is 1. The summed E-state index contributed by atoms with van der Waals surface area (Å²) in [5.41, 5.74) is 0. The number of nitrogens with one attached hydrogen (secondary N) is 2. The maximum atomic E-state index is 10.9. The molecule has 5 heteroatoms. The van der Waals surface area contributed by atoms with E-state index in [4.69, 9.17) is 10.4 Å². The standard InChI is InChI=1S/C8H15N3O2/c1-7(12)5-10-6-8(13)11-4-2-3-9/h7,10,12H,2,4-6H2,1H3,(H,11,13). The fraction of sp³-hybridized carbons (Fsp3) is 0.750. The van der Waals surface area contributed by atoms with E-state index in [1.807, 2.05) is 6.07 Å². The molecule has 3 N–H and O–H groups in total. The molecular weight excluding hydrogens is 170 g/mol. The van der Waals surface area contributed by atoms with Gasteiger partial charge in [-0.2, -0.15) is 5.26 Å². The average molecular weight is 185 g/mol. The molecule has 5 nitrogen and oxygen atoms in total. The van der Waals surface area contributed by atoms with Crippen LogP contribution in [0.3, 0.4) is 0 Å². The number of hydrogen-bond donors (Lipinski definition) is 3. The predicted octanol–water partition coefficient (Wildman–Crippen LogP) is -1.01. The second kappa shape index (κ2) is 7.53. The van der Waals surface area contributed by atoms with Crippen molar-refractivity contribution in [1.29, 1.82) is 5.26 Å². The van der Waals surface area contributed by atoms with Crippen molar-refractivity contribution in [2.45, 2.75) is 19.4 Å². The van der Waals surface area contributed by atoms with Gasteiger partial charge >= 0.3 is 0 Å². The van der Waals surface area contributed by atoms with Crippen molar-refractivity contribution in [2.75, 3.05) is 19.6 Å². The van der Waals surface area contributed by atoms with Crippen molar-refractivity contribution in [3.8, 4) is 6.07 Å². The topological polar surface area (TPSA) is 85.2 Å². The van der Waals surface area contributed by atoms with Crippen molar-refractivity contribution < 1.29 is 9.90 Å². The summed E-state index contributed by atoms with van der Waals surface area (Å²) in [7, 11) is 0. The highest BCUT2D eigenvalue weighted by Gasteiger charge is 2.00. The lowest BCUT2D eigenvalue weighted by Gasteiger charge is -2.06. The highest BCUT2D eigenvalue weighted by molar-refractivity contribution is 5.77. The Morgan fingerprint density at radius 1 is 1.69 bits per heavy atom. The SMILES string of the molecule is CC(O)CNCC(=O)NCCC#N. The summed E-state index contributed by atoms with van der Waals surface area (Å²) in [6.45, 7) is 2.59. The van der Waals surface area contributed by atoms with Crippen molar-refractivity contribution in [3.63, 3.8) is 0 Å². The maximum absolute atomic E-state index is 10.9. The molecule has 0 rings (SSSR count). The molecule has 1 unspecified atom stereocenters. The Labute approximate surface area is 77.7 Å². The van der Waals surface area contributed by atoms with Gasteiger partial charge in [0.1, 0.15) is 0 Å². The van der Waals surface area contributed by atoms with Crippen LogP contribution in [0.2, 0.25) is 0 Å². The Morgan fingerprint density at radius 3 is 2.92 bits per heavy atom. The molecule has 0 radical (unpaired) electrons. The summed E-state index contributed by atoms with van der Waals surface area (Å²) in [6, 6.07) is 1.92. The van der Waals surface area contributed by atoms with Crippen LogP contribution in [0.15, 0.2) is 0 Å². The lowest BCUT2D eigenvalue weighted by Crippen LogP contribution is -2.36. The molecule has 0 bridgehead atoms. The first-order chi connectivity index (χ1) is 6.16. The van der Waals surface area contributed by atoms with Gasteiger partial charge in [-0.3, -0.25) is 4.79 Å². The minimum absolute atomic E-state index is 0.157. The molecule has 0 heterocycles. The molecule has 1 atom stereocenters. The highest BCUT2D eigenvalue weighted by Crippen LogP contribution is 1.75. The number of nitriles is 1. The fourth-order valence-electron chi connectivity index (χ4n) is 0.715. The highest BCUT2D eigenvalue weighted by atomic mass is 16.3. The summed E-state index contributed by atoms with van der Waals surface area (Å²) >= 11 is 0. The number of amides is 1. The molecular formula is C8H15N3O2. The monoisotopic (exact) mass is 185 g/mol. The van der Waals surface area contributed by atoms with Crippen molar-refractivity contribution in [3.05, 3.63) is 0 Å². The summed E-state index contributed by atoms with van der Waals surface area (Å²) in [4.78, 5) is 10.9. The van der Waals surface area contributed by atoms with Crippen LogP contribution < -0.4 is 10.6 Å². The Kier molecular flexibility index (Phi) is 6.88. The van der Waals surface area contributed by atoms with Gasteiger partial charge in [-0.1, -0.05) is 0 Å². The quantitative estimate of drug-likeness (QED) is 0.463. The van der Waals surface area contributed by atoms with Gasteiger partial charge in [-0.25, -0.2) is 0 Å². The van der Waals surface area contributed by atoms with Gasteiger partial charge in [-0.15, -0.1) is 0 Å². The Balaban J connectivity index is 3.26. The van der Waals surface area contributed by atoms with Crippen LogP contribution in [0.5, 0.6) is 0 Å². The van der Waals surface area contributed by atoms with E-state index < -0.39 is 6.10 Å². The van der Waals surface area contributed by atoms with E-state index >= 15 is 0 Å². The second-order valence-electron chi connectivity index (χ2n) is 2.74. The van der Waals surface area contributed by atoms with Gasteiger partial charge in [0.15, 0.2) is 0 Å². The van der Waals surface area contributed by atoms with E-state index in [0.717, 1.165) is 0 Å². The summed E-state index contributed by atoms with van der Waals surface area (Å²) in [5, 5.41) is 22.3. The molecule has 0 saturated heterocycles. The van der Waals surface area contributed by atoms with E-state index in [9.17, 15) is 4.79 Å². The number of rotatable bonds is 6. The van der Waals surface area contributed by atoms with Crippen molar-refractivity contribution in [1.82, 2.24) is 10.6 Å². The number of nitrogens with zero attached hydrogens (tertiary/aromatic N) is 1. The molecule has 13 heavy (non-hydrogen) atoms. The van der Waals surface area contributed by atoms with Gasteiger partial charge in [0.05, 0.1) is 25.1 Å². The smallest absolute Gasteiger partial charge is 0.233 e. The van der Waals surface area contributed by atoms with Crippen LogP contribution in [0, 0.1) is 11.3 Å². The molecule has 0 aromatic rings. The summed E-state index contributed by atoms with van der Waals surface area (Å²) in [6.07, 6.45) is -0.130. The molecule has 74 valence electrons. The Bertz CT molecular complexity index is 186. The minimum atomic E-state index is -0.452. The minimum Gasteiger partial charge on any atom is -0.392 e. The first-order valence-electron chi connectivity index (χ1n) is 4.19. The average Bonchev–Trinajstić information content (AvgIpc) is 2.04. The first kappa shape index (κ1) is 11.9. The van der Waals surface area contributed by atoms with Gasteiger partial charge in [-0.05, 0) is 6.92 Å². The van der Waals surface area contributed by atoms with E-state index in [1.165, 1.54) is 0 Å². The third kappa shape index (κ3) is 8.79. The lowest BCUT2D eigenvalue weighted by molar-refractivity contribution is -0.120. The molecule has 0 spiro atoms. The molecule has 0 saturated carbocycles. The van der Waals surface area contributed by atoms with Gasteiger partial charge in [0.2, 0.25) is 5.91 Å². The largest absolute Gasteiger partial charge is 0.392 e. The lowest BCUT2D eigenvalue weighted by atomic mass is 10.4. The van der Waals surface area contributed by atoms with Crippen LogP contribution in [0.1, 0.15) is 13.3 Å². The summed E-state index contributed by atoms with van der Waals surface area (Å²) < 4.78 is 0. The first-order valence-corrected chi connectivity index (χ1v) is 4.19. The molecule has 0 aliphatic heterocycles. The molecule has 0 aromatic heterocycles. The number of aliphatic hydroxyl groups excluding tert-OH is 1. The van der Waals surface area contributed by atoms with E-state index in [0.29, 0.717) is 19.5 Å². The zero-order chi connectivity index (χ0) is 10.1. The fourth-order valence-corrected chi connectivity index (χ4v) is 0.715. The summed E-state index contributed by atoms with van der Waals surface area (Å²) in [5.74, 6) is -0.157. The van der Waals surface area contributed by atoms with E-state index in [-0.39, 0.29) is 12.5 Å². The second-order valence-corrected chi connectivity index (χ2v) is 2.74. The number of hydrogen-bond acceptors (Lipinski definition) is 4. The van der Waals surface area contributed by atoms with Crippen LogP contribution in [-0.2, 0) is 4.79 Å². The zero-order valence-electron chi connectivity index (χ0n) is 7.71. The third-order valence-electron chi connectivity index (χ3n) is 1.28. The van der Waals surface area contributed by atoms with Gasteiger partial charge in [0.25, 0.3) is 0 Å². The van der Waals surface area contributed by atoms with Crippen LogP contribution in [-0.4, -0.2) is 36.8 Å². The van der Waals surface area contributed by atoms with Crippen molar-refractivity contribution >= 4 is 5.91 Å². The predicted molar refractivity (Wildman–Crippen MR) is 47.8 cm³/mol. The van der Waals surface area contributed by atoms with E-state index in [1.54, 1.807) is 6.92 Å². The Hall–Kier alpha value is -1.12. The van der Waals surface area contributed by atoms with Crippen molar-refractivity contribution in [2.24, 2.45) is 0 Å². The van der Waals surface area contributed by atoms with Crippen LogP contribution in [0.25, 0.3) is 0 Å². The van der Waals surface area contributed by atoms with Gasteiger partial charge in [0, 0.05) is 13.1 Å². The Morgan fingerprint density at radius 2 is 2.38 bits per heavy atom. The molecule has 0 aromatic carbocycles. The molecule has 0 fully saturated rings. The third-order valence-corrected chi connectivity index (χ3v) is 1.28. The van der Waals surface area contributed by atoms with Crippen LogP contribution >= 0.6 is 0 Å². The van der Waals surface area contributed by atoms with E-state index in [2.05, 4.69) is 10.6 Å². The molecule has 0 aliphatic carbocycles. The molecule has 1 amide bonds. The number of carbonyl (C=O) groups is 1. The van der Waals surface area contributed by atoms with Gasteiger partial charge < -0.3 is 15.7 Å².